The predicted octanol–water partition coefficient (Wildman–Crippen LogP) is 1.66. The van der Waals surface area contributed by atoms with Gasteiger partial charge in [-0.15, -0.1) is 0 Å². The van der Waals surface area contributed by atoms with Gasteiger partial charge in [0.1, 0.15) is 6.04 Å². The fourth-order valence-electron chi connectivity index (χ4n) is 1.88. The molecule has 0 saturated heterocycles. The molecule has 8 nitrogen and oxygen atoms in total. The molecule has 142 valence electrons. The lowest BCUT2D eigenvalue weighted by molar-refractivity contribution is -0.139. The van der Waals surface area contributed by atoms with E-state index in [2.05, 4.69) is 11.9 Å². The summed E-state index contributed by atoms with van der Waals surface area (Å²) in [5, 5.41) is 16.7. The number of guanidine groups is 1. The van der Waals surface area contributed by atoms with E-state index in [0.717, 1.165) is 12.8 Å². The maximum absolute atomic E-state index is 10.2. The number of unbranched alkanes of at least 4 members (excludes halogenated alkanes) is 6. The molecule has 0 fully saturated rings. The lowest BCUT2D eigenvalue weighted by Crippen LogP contribution is -2.30. The van der Waals surface area contributed by atoms with E-state index >= 15 is 0 Å². The van der Waals surface area contributed by atoms with Crippen LogP contribution in [0.25, 0.3) is 0 Å². The molecule has 0 bridgehead atoms. The Balaban J connectivity index is 0. The predicted molar refractivity (Wildman–Crippen MR) is 95.8 cm³/mol. The van der Waals surface area contributed by atoms with E-state index < -0.39 is 18.0 Å². The van der Waals surface area contributed by atoms with Gasteiger partial charge in [0.05, 0.1) is 0 Å². The number of carbonyl (C=O) groups is 2. The molecule has 0 amide bonds. The summed E-state index contributed by atoms with van der Waals surface area (Å²) in [6.45, 7) is 2.62. The summed E-state index contributed by atoms with van der Waals surface area (Å²) in [7, 11) is 0. The third kappa shape index (κ3) is 22.5. The van der Waals surface area contributed by atoms with Crippen molar-refractivity contribution in [1.82, 2.24) is 0 Å². The Bertz CT molecular complexity index is 358. The van der Waals surface area contributed by atoms with Crippen LogP contribution in [0.2, 0.25) is 0 Å². The van der Waals surface area contributed by atoms with Crippen LogP contribution in [0.5, 0.6) is 0 Å². The third-order valence-electron chi connectivity index (χ3n) is 3.28. The maximum atomic E-state index is 10.2. The van der Waals surface area contributed by atoms with E-state index in [9.17, 15) is 9.59 Å². The van der Waals surface area contributed by atoms with Crippen molar-refractivity contribution >= 4 is 17.9 Å². The van der Waals surface area contributed by atoms with E-state index in [1.807, 2.05) is 0 Å². The molecule has 0 aromatic rings. The summed E-state index contributed by atoms with van der Waals surface area (Å²) >= 11 is 0. The van der Waals surface area contributed by atoms with Gasteiger partial charge in [-0.25, -0.2) is 0 Å². The minimum Gasteiger partial charge on any atom is -0.481 e. The molecule has 0 spiro atoms. The Morgan fingerprint density at radius 2 is 1.50 bits per heavy atom. The van der Waals surface area contributed by atoms with Crippen LogP contribution in [0.15, 0.2) is 4.99 Å². The number of nitrogens with two attached hydrogens (primary N) is 3. The van der Waals surface area contributed by atoms with Gasteiger partial charge in [0.15, 0.2) is 5.96 Å². The Labute approximate surface area is 144 Å². The monoisotopic (exact) mass is 346 g/mol. The first-order valence-electron chi connectivity index (χ1n) is 8.56. The van der Waals surface area contributed by atoms with Gasteiger partial charge in [0, 0.05) is 13.0 Å². The quantitative estimate of drug-likeness (QED) is 0.192. The molecule has 0 rings (SSSR count). The zero-order valence-electron chi connectivity index (χ0n) is 14.7. The van der Waals surface area contributed by atoms with Gasteiger partial charge in [-0.2, -0.15) is 0 Å². The molecule has 0 aliphatic rings. The summed E-state index contributed by atoms with van der Waals surface area (Å²) in [6, 6.07) is -0.820. The summed E-state index contributed by atoms with van der Waals surface area (Å²) in [6.07, 6.45) is 9.60. The summed E-state index contributed by atoms with van der Waals surface area (Å²) in [5.74, 6) is -1.65. The molecule has 0 unspecified atom stereocenters. The van der Waals surface area contributed by atoms with E-state index in [0.29, 0.717) is 25.8 Å². The van der Waals surface area contributed by atoms with Crippen LogP contribution in [0.3, 0.4) is 0 Å². The third-order valence-corrected chi connectivity index (χ3v) is 3.28. The van der Waals surface area contributed by atoms with Crippen LogP contribution in [0, 0.1) is 0 Å². The van der Waals surface area contributed by atoms with Crippen molar-refractivity contribution < 1.29 is 19.8 Å². The fraction of sp³-hybridized carbons (Fsp3) is 0.812. The number of carboxylic acid groups (broad SMARTS) is 2. The van der Waals surface area contributed by atoms with Crippen molar-refractivity contribution in [2.45, 2.75) is 77.2 Å². The summed E-state index contributed by atoms with van der Waals surface area (Å²) in [4.78, 5) is 24.0. The summed E-state index contributed by atoms with van der Waals surface area (Å²) in [5.41, 5.74) is 15.3. The van der Waals surface area contributed by atoms with E-state index in [4.69, 9.17) is 27.4 Å². The second-order valence-electron chi connectivity index (χ2n) is 5.66. The van der Waals surface area contributed by atoms with Gasteiger partial charge in [0.2, 0.25) is 0 Å². The topological polar surface area (TPSA) is 165 Å². The van der Waals surface area contributed by atoms with Gasteiger partial charge in [-0.1, -0.05) is 45.4 Å². The molecule has 24 heavy (non-hydrogen) atoms. The highest BCUT2D eigenvalue weighted by molar-refractivity contribution is 5.75. The van der Waals surface area contributed by atoms with Crippen LogP contribution < -0.4 is 17.2 Å². The Morgan fingerprint density at radius 1 is 0.958 bits per heavy atom. The van der Waals surface area contributed by atoms with Crippen molar-refractivity contribution in [3.8, 4) is 0 Å². The van der Waals surface area contributed by atoms with Crippen molar-refractivity contribution in [2.24, 2.45) is 22.2 Å². The largest absolute Gasteiger partial charge is 0.481 e. The SMILES string of the molecule is CCCCCCCCCC(=O)O.NC(N)=NCCC[C@H](N)C(=O)O. The molecule has 0 aromatic heterocycles. The molecule has 0 saturated carbocycles. The first kappa shape index (κ1) is 24.4. The highest BCUT2D eigenvalue weighted by Crippen LogP contribution is 2.07. The zero-order chi connectivity index (χ0) is 18.8. The number of hydrogen-bond acceptors (Lipinski definition) is 4. The molecule has 8 N–H and O–H groups in total. The molecule has 0 aliphatic heterocycles. The second-order valence-corrected chi connectivity index (χ2v) is 5.66. The van der Waals surface area contributed by atoms with Gasteiger partial charge in [-0.3, -0.25) is 14.6 Å². The molecule has 0 heterocycles. The highest BCUT2D eigenvalue weighted by Gasteiger charge is 2.09. The van der Waals surface area contributed by atoms with E-state index in [1.165, 1.54) is 32.1 Å². The molecule has 0 aliphatic carbocycles. The number of nitrogens with zero attached hydrogens (tertiary/aromatic N) is 1. The van der Waals surface area contributed by atoms with Crippen molar-refractivity contribution in [3.63, 3.8) is 0 Å². The van der Waals surface area contributed by atoms with Gasteiger partial charge >= 0.3 is 11.9 Å². The first-order chi connectivity index (χ1) is 11.3. The van der Waals surface area contributed by atoms with Crippen LogP contribution in [0.4, 0.5) is 0 Å². The van der Waals surface area contributed by atoms with Crippen molar-refractivity contribution in [1.29, 1.82) is 0 Å². The number of aliphatic carboxylic acids is 2. The van der Waals surface area contributed by atoms with Crippen LogP contribution in [-0.2, 0) is 9.59 Å². The lowest BCUT2D eigenvalue weighted by Gasteiger charge is -2.03. The van der Waals surface area contributed by atoms with Gasteiger partial charge in [-0.05, 0) is 19.3 Å². The number of aliphatic imine (C=N–C) groups is 1. The molecule has 1 atom stereocenters. The summed E-state index contributed by atoms with van der Waals surface area (Å²) < 4.78 is 0. The maximum Gasteiger partial charge on any atom is 0.320 e. The zero-order valence-corrected chi connectivity index (χ0v) is 14.7. The molecule has 0 radical (unpaired) electrons. The number of rotatable bonds is 13. The highest BCUT2D eigenvalue weighted by atomic mass is 16.4. The number of carboxylic acids is 2. The normalized spacial score (nSPS) is 11.1. The Kier molecular flexibility index (Phi) is 17.8. The Hall–Kier alpha value is -1.83. The standard InChI is InChI=1S/C10H20O2.C6H14N4O2/c1-2-3-4-5-6-7-8-9-10(11)12;7-4(5(11)12)2-1-3-10-6(8)9/h2-9H2,1H3,(H,11,12);4H,1-3,7H2,(H,11,12)(H4,8,9,10)/t;4-/m.0/s1. The average Bonchev–Trinajstić information content (AvgIpc) is 2.50. The van der Waals surface area contributed by atoms with Crippen LogP contribution in [0.1, 0.15) is 71.1 Å². The van der Waals surface area contributed by atoms with Gasteiger partial charge < -0.3 is 27.4 Å². The molecule has 8 heteroatoms. The fourth-order valence-corrected chi connectivity index (χ4v) is 1.88. The van der Waals surface area contributed by atoms with Gasteiger partial charge in [0.25, 0.3) is 0 Å². The minimum atomic E-state index is -1.00. The second kappa shape index (κ2) is 17.5. The van der Waals surface area contributed by atoms with Crippen LogP contribution >= 0.6 is 0 Å². The molecular formula is C16H34N4O4. The van der Waals surface area contributed by atoms with Crippen LogP contribution in [-0.4, -0.2) is 40.7 Å². The Morgan fingerprint density at radius 3 is 1.96 bits per heavy atom. The van der Waals surface area contributed by atoms with E-state index in [1.54, 1.807) is 0 Å². The van der Waals surface area contributed by atoms with Crippen molar-refractivity contribution in [3.05, 3.63) is 0 Å². The smallest absolute Gasteiger partial charge is 0.320 e. The van der Waals surface area contributed by atoms with E-state index in [-0.39, 0.29) is 5.96 Å². The molecule has 0 aromatic carbocycles. The number of hydrogen-bond donors (Lipinski definition) is 5. The lowest BCUT2D eigenvalue weighted by atomic mass is 10.1. The first-order valence-corrected chi connectivity index (χ1v) is 8.56. The average molecular weight is 346 g/mol. The van der Waals surface area contributed by atoms with Crippen molar-refractivity contribution in [2.75, 3.05) is 6.54 Å². The molecular weight excluding hydrogens is 312 g/mol. The minimum absolute atomic E-state index is 0.0129.